The van der Waals surface area contributed by atoms with Crippen molar-refractivity contribution in [3.8, 4) is 5.75 Å². The summed E-state index contributed by atoms with van der Waals surface area (Å²) in [5.74, 6) is 1.42. The molecule has 2 N–H and O–H groups in total. The third-order valence-corrected chi connectivity index (χ3v) is 3.52. The van der Waals surface area contributed by atoms with Crippen molar-refractivity contribution in [2.24, 2.45) is 5.73 Å². The van der Waals surface area contributed by atoms with E-state index < -0.39 is 0 Å². The average molecular weight is 302 g/mol. The van der Waals surface area contributed by atoms with Crippen molar-refractivity contribution in [3.05, 3.63) is 64.9 Å². The summed E-state index contributed by atoms with van der Waals surface area (Å²) in [7, 11) is 0. The normalized spacial score (nSPS) is 12.5. The van der Waals surface area contributed by atoms with Crippen molar-refractivity contribution in [2.75, 3.05) is 6.61 Å². The Morgan fingerprint density at radius 1 is 1.19 bits per heavy atom. The van der Waals surface area contributed by atoms with Gasteiger partial charge in [0.15, 0.2) is 0 Å². The second kappa shape index (κ2) is 5.80. The highest BCUT2D eigenvalue weighted by atomic mass is 35.5. The lowest BCUT2D eigenvalue weighted by Gasteiger charge is -2.11. The Morgan fingerprint density at radius 2 is 2.05 bits per heavy atom. The highest BCUT2D eigenvalue weighted by Gasteiger charge is 2.13. The number of hydrogen-bond donors (Lipinski definition) is 1. The minimum Gasteiger partial charge on any atom is -0.491 e. The van der Waals surface area contributed by atoms with Gasteiger partial charge in [-0.15, -0.1) is 0 Å². The van der Waals surface area contributed by atoms with E-state index in [-0.39, 0.29) is 6.04 Å². The molecule has 3 aromatic rings. The Morgan fingerprint density at radius 3 is 2.86 bits per heavy atom. The van der Waals surface area contributed by atoms with Crippen molar-refractivity contribution in [1.29, 1.82) is 0 Å². The third kappa shape index (κ3) is 3.20. The van der Waals surface area contributed by atoms with E-state index in [1.54, 1.807) is 12.1 Å². The van der Waals surface area contributed by atoms with Crippen molar-refractivity contribution in [1.82, 2.24) is 0 Å². The van der Waals surface area contributed by atoms with E-state index in [0.717, 1.165) is 16.7 Å². The number of nitrogens with two attached hydrogens (primary N) is 1. The van der Waals surface area contributed by atoms with Gasteiger partial charge in [-0.2, -0.15) is 0 Å². The van der Waals surface area contributed by atoms with Crippen LogP contribution in [0.15, 0.2) is 52.9 Å². The van der Waals surface area contributed by atoms with Gasteiger partial charge in [0, 0.05) is 10.4 Å². The van der Waals surface area contributed by atoms with Crippen LogP contribution in [0.2, 0.25) is 5.02 Å². The molecule has 0 aliphatic carbocycles. The van der Waals surface area contributed by atoms with Crippen LogP contribution in [-0.2, 0) is 0 Å². The Hall–Kier alpha value is -1.97. The summed E-state index contributed by atoms with van der Waals surface area (Å²) in [5.41, 5.74) is 8.17. The van der Waals surface area contributed by atoms with Gasteiger partial charge in [-0.3, -0.25) is 0 Å². The van der Waals surface area contributed by atoms with Gasteiger partial charge in [0.05, 0.1) is 6.04 Å². The molecule has 1 unspecified atom stereocenters. The molecule has 108 valence electrons. The summed E-state index contributed by atoms with van der Waals surface area (Å²) < 4.78 is 11.4. The average Bonchev–Trinajstić information content (AvgIpc) is 2.88. The first-order valence-corrected chi connectivity index (χ1v) is 7.14. The minimum absolute atomic E-state index is 0.323. The molecule has 0 aliphatic rings. The molecule has 0 saturated heterocycles. The molecule has 0 amide bonds. The number of aryl methyl sites for hydroxylation is 1. The molecule has 0 radical (unpaired) electrons. The van der Waals surface area contributed by atoms with Crippen LogP contribution < -0.4 is 10.5 Å². The largest absolute Gasteiger partial charge is 0.491 e. The summed E-state index contributed by atoms with van der Waals surface area (Å²) in [6.45, 7) is 2.38. The highest BCUT2D eigenvalue weighted by molar-refractivity contribution is 6.30. The first-order chi connectivity index (χ1) is 10.1. The second-order valence-electron chi connectivity index (χ2n) is 5.06. The predicted octanol–water partition coefficient (Wildman–Crippen LogP) is 4.47. The Kier molecular flexibility index (Phi) is 3.86. The van der Waals surface area contributed by atoms with Crippen LogP contribution in [0.5, 0.6) is 5.75 Å². The van der Waals surface area contributed by atoms with E-state index in [0.29, 0.717) is 17.4 Å². The third-order valence-electron chi connectivity index (χ3n) is 3.28. The van der Waals surface area contributed by atoms with E-state index in [1.165, 1.54) is 5.56 Å². The van der Waals surface area contributed by atoms with Gasteiger partial charge in [0.2, 0.25) is 0 Å². The summed E-state index contributed by atoms with van der Waals surface area (Å²) >= 11 is 5.92. The predicted molar refractivity (Wildman–Crippen MR) is 84.8 cm³/mol. The van der Waals surface area contributed by atoms with Crippen LogP contribution in [0.25, 0.3) is 11.0 Å². The van der Waals surface area contributed by atoms with E-state index in [4.69, 9.17) is 26.5 Å². The summed E-state index contributed by atoms with van der Waals surface area (Å²) in [4.78, 5) is 0. The fraction of sp³-hybridized carbons (Fsp3) is 0.176. The molecule has 0 aliphatic heterocycles. The maximum atomic E-state index is 6.13. The molecule has 0 bridgehead atoms. The lowest BCUT2D eigenvalue weighted by atomic mass is 10.1. The van der Waals surface area contributed by atoms with Crippen LogP contribution >= 0.6 is 11.6 Å². The van der Waals surface area contributed by atoms with Crippen molar-refractivity contribution >= 4 is 22.6 Å². The van der Waals surface area contributed by atoms with E-state index in [9.17, 15) is 0 Å². The smallest absolute Gasteiger partial charge is 0.134 e. The molecule has 3 rings (SSSR count). The van der Waals surface area contributed by atoms with E-state index in [1.807, 2.05) is 37.3 Å². The van der Waals surface area contributed by atoms with Gasteiger partial charge in [0.25, 0.3) is 0 Å². The Labute approximate surface area is 128 Å². The summed E-state index contributed by atoms with van der Waals surface area (Å²) in [6.07, 6.45) is 0. The van der Waals surface area contributed by atoms with Crippen LogP contribution in [0.1, 0.15) is 17.4 Å². The van der Waals surface area contributed by atoms with Gasteiger partial charge in [0.1, 0.15) is 23.7 Å². The number of benzene rings is 2. The molecule has 1 heterocycles. The molecule has 0 saturated carbocycles. The number of fused-ring (bicyclic) bond motifs is 1. The summed E-state index contributed by atoms with van der Waals surface area (Å²) in [5, 5.41) is 1.70. The Bertz CT molecular complexity index is 766. The number of furan rings is 1. The zero-order valence-electron chi connectivity index (χ0n) is 11.7. The van der Waals surface area contributed by atoms with E-state index >= 15 is 0 Å². The zero-order valence-corrected chi connectivity index (χ0v) is 12.4. The molecule has 3 nitrogen and oxygen atoms in total. The van der Waals surface area contributed by atoms with Crippen molar-refractivity contribution < 1.29 is 9.15 Å². The second-order valence-corrected chi connectivity index (χ2v) is 5.50. The number of rotatable bonds is 4. The van der Waals surface area contributed by atoms with Gasteiger partial charge in [-0.05, 0) is 43.3 Å². The Balaban J connectivity index is 1.73. The molecular formula is C17H16ClNO2. The molecule has 4 heteroatoms. The quantitative estimate of drug-likeness (QED) is 0.773. The van der Waals surface area contributed by atoms with Crippen molar-refractivity contribution in [3.63, 3.8) is 0 Å². The fourth-order valence-corrected chi connectivity index (χ4v) is 2.37. The van der Waals surface area contributed by atoms with Gasteiger partial charge >= 0.3 is 0 Å². The SMILES string of the molecule is Cc1ccc2oc(C(N)COc3cccc(Cl)c3)cc2c1. The summed E-state index contributed by atoms with van der Waals surface area (Å²) in [6, 6.07) is 14.9. The molecule has 0 spiro atoms. The lowest BCUT2D eigenvalue weighted by Crippen LogP contribution is -2.18. The maximum absolute atomic E-state index is 6.13. The van der Waals surface area contributed by atoms with Gasteiger partial charge < -0.3 is 14.9 Å². The highest BCUT2D eigenvalue weighted by Crippen LogP contribution is 2.25. The number of ether oxygens (including phenoxy) is 1. The molecule has 1 atom stereocenters. The molecular weight excluding hydrogens is 286 g/mol. The first-order valence-electron chi connectivity index (χ1n) is 6.76. The maximum Gasteiger partial charge on any atom is 0.134 e. The monoisotopic (exact) mass is 301 g/mol. The molecule has 0 fully saturated rings. The molecule has 1 aromatic heterocycles. The molecule has 2 aromatic carbocycles. The first kappa shape index (κ1) is 14.0. The fourth-order valence-electron chi connectivity index (χ4n) is 2.19. The lowest BCUT2D eigenvalue weighted by molar-refractivity contribution is 0.275. The minimum atomic E-state index is -0.323. The van der Waals surface area contributed by atoms with Gasteiger partial charge in [-0.1, -0.05) is 29.3 Å². The van der Waals surface area contributed by atoms with Crippen LogP contribution in [0, 0.1) is 6.92 Å². The van der Waals surface area contributed by atoms with Crippen LogP contribution in [-0.4, -0.2) is 6.61 Å². The topological polar surface area (TPSA) is 48.4 Å². The standard InChI is InChI=1S/C17H16ClNO2/c1-11-5-6-16-12(7-11)8-17(21-16)15(19)10-20-14-4-2-3-13(18)9-14/h2-9,15H,10,19H2,1H3. The van der Waals surface area contributed by atoms with Crippen LogP contribution in [0.4, 0.5) is 0 Å². The number of halogens is 1. The molecule has 21 heavy (non-hydrogen) atoms. The zero-order chi connectivity index (χ0) is 14.8. The van der Waals surface area contributed by atoms with Crippen LogP contribution in [0.3, 0.4) is 0 Å². The van der Waals surface area contributed by atoms with Crippen molar-refractivity contribution in [2.45, 2.75) is 13.0 Å². The van der Waals surface area contributed by atoms with Gasteiger partial charge in [-0.25, -0.2) is 0 Å². The van der Waals surface area contributed by atoms with E-state index in [2.05, 4.69) is 6.07 Å². The number of hydrogen-bond acceptors (Lipinski definition) is 3.